The molecule has 1 unspecified atom stereocenters. The predicted octanol–water partition coefficient (Wildman–Crippen LogP) is -1.22. The summed E-state index contributed by atoms with van der Waals surface area (Å²) in [5.74, 6) is -0.434. The molecule has 0 aliphatic rings. The van der Waals surface area contributed by atoms with Crippen molar-refractivity contribution in [2.75, 3.05) is 19.3 Å². The fraction of sp³-hybridized carbons (Fsp3) is 0.875. The number of nitrogens with one attached hydrogen (secondary N) is 2. The summed E-state index contributed by atoms with van der Waals surface area (Å²) < 4.78 is 24.1. The number of carbonyl (C=O) groups is 1. The van der Waals surface area contributed by atoms with Crippen molar-refractivity contribution < 1.29 is 13.2 Å². The maximum absolute atomic E-state index is 11.3. The molecule has 0 fully saturated rings. The van der Waals surface area contributed by atoms with Crippen LogP contribution in [0.4, 0.5) is 0 Å². The molecule has 1 atom stereocenters. The highest BCUT2D eigenvalue weighted by atomic mass is 32.2. The minimum atomic E-state index is -3.26. The van der Waals surface area contributed by atoms with Gasteiger partial charge >= 0.3 is 0 Å². The molecule has 90 valence electrons. The summed E-state index contributed by atoms with van der Waals surface area (Å²) in [6.07, 6.45) is 1.42. The smallest absolute Gasteiger partial charge is 0.236 e. The molecular weight excluding hydrogens is 218 g/mol. The Labute approximate surface area is 90.7 Å². The van der Waals surface area contributed by atoms with Gasteiger partial charge in [-0.1, -0.05) is 13.3 Å². The Hall–Kier alpha value is -0.660. The van der Waals surface area contributed by atoms with Crippen LogP contribution >= 0.6 is 0 Å². The van der Waals surface area contributed by atoms with E-state index in [-0.39, 0.29) is 18.2 Å². The van der Waals surface area contributed by atoms with E-state index in [9.17, 15) is 13.2 Å². The lowest BCUT2D eigenvalue weighted by molar-refractivity contribution is -0.122. The summed E-state index contributed by atoms with van der Waals surface area (Å²) in [6, 6.07) is -0.549. The van der Waals surface area contributed by atoms with E-state index < -0.39 is 16.1 Å². The molecule has 6 nitrogen and oxygen atoms in total. The zero-order valence-corrected chi connectivity index (χ0v) is 9.93. The molecule has 4 N–H and O–H groups in total. The van der Waals surface area contributed by atoms with Gasteiger partial charge in [0.25, 0.3) is 0 Å². The van der Waals surface area contributed by atoms with Gasteiger partial charge in [0.15, 0.2) is 0 Å². The first kappa shape index (κ1) is 14.3. The van der Waals surface area contributed by atoms with E-state index in [0.29, 0.717) is 6.42 Å². The molecule has 7 heteroatoms. The molecular formula is C8H19N3O3S. The lowest BCUT2D eigenvalue weighted by atomic mass is 10.2. The molecule has 0 aromatic carbocycles. The number of hydrogen-bond donors (Lipinski definition) is 3. The van der Waals surface area contributed by atoms with Crippen molar-refractivity contribution in [3.63, 3.8) is 0 Å². The van der Waals surface area contributed by atoms with Crippen LogP contribution in [0.1, 0.15) is 19.8 Å². The van der Waals surface area contributed by atoms with E-state index >= 15 is 0 Å². The monoisotopic (exact) mass is 237 g/mol. The second-order valence-corrected chi connectivity index (χ2v) is 5.26. The first-order valence-electron chi connectivity index (χ1n) is 4.87. The molecule has 0 aromatic rings. The normalized spacial score (nSPS) is 13.5. The van der Waals surface area contributed by atoms with Crippen LogP contribution in [-0.2, 0) is 14.8 Å². The van der Waals surface area contributed by atoms with Gasteiger partial charge in [-0.3, -0.25) is 4.79 Å². The standard InChI is InChI=1S/C8H19N3O3S/c1-3-4-7(9)8(12)11-5-6-15(13,14)10-2/h7,10H,3-6,9H2,1-2H3,(H,11,12). The third-order valence-electron chi connectivity index (χ3n) is 1.92. The van der Waals surface area contributed by atoms with Crippen LogP contribution in [0.25, 0.3) is 0 Å². The van der Waals surface area contributed by atoms with Crippen molar-refractivity contribution in [1.82, 2.24) is 10.0 Å². The lowest BCUT2D eigenvalue weighted by Crippen LogP contribution is -2.42. The third kappa shape index (κ3) is 6.43. The Balaban J connectivity index is 3.82. The summed E-state index contributed by atoms with van der Waals surface area (Å²) in [4.78, 5) is 11.3. The molecule has 0 saturated carbocycles. The van der Waals surface area contributed by atoms with E-state index in [0.717, 1.165) is 6.42 Å². The molecule has 0 saturated heterocycles. The average molecular weight is 237 g/mol. The highest BCUT2D eigenvalue weighted by Gasteiger charge is 2.13. The SMILES string of the molecule is CCCC(N)C(=O)NCCS(=O)(=O)NC. The van der Waals surface area contributed by atoms with Crippen molar-refractivity contribution in [2.45, 2.75) is 25.8 Å². The summed E-state index contributed by atoms with van der Waals surface area (Å²) >= 11 is 0. The van der Waals surface area contributed by atoms with Crippen molar-refractivity contribution in [3.8, 4) is 0 Å². The van der Waals surface area contributed by atoms with Gasteiger partial charge in [0.05, 0.1) is 11.8 Å². The number of nitrogens with two attached hydrogens (primary N) is 1. The van der Waals surface area contributed by atoms with Crippen LogP contribution < -0.4 is 15.8 Å². The Kier molecular flexibility index (Phi) is 6.46. The minimum Gasteiger partial charge on any atom is -0.354 e. The zero-order chi connectivity index (χ0) is 11.9. The van der Waals surface area contributed by atoms with Gasteiger partial charge < -0.3 is 11.1 Å². The Morgan fingerprint density at radius 2 is 2.07 bits per heavy atom. The quantitative estimate of drug-likeness (QED) is 0.516. The van der Waals surface area contributed by atoms with Gasteiger partial charge in [-0.05, 0) is 13.5 Å². The molecule has 0 bridgehead atoms. The van der Waals surface area contributed by atoms with Crippen LogP contribution in [0.5, 0.6) is 0 Å². The van der Waals surface area contributed by atoms with E-state index in [1.807, 2.05) is 6.92 Å². The van der Waals surface area contributed by atoms with Crippen molar-refractivity contribution in [2.24, 2.45) is 5.73 Å². The molecule has 0 aliphatic heterocycles. The number of sulfonamides is 1. The van der Waals surface area contributed by atoms with E-state index in [1.165, 1.54) is 7.05 Å². The number of amides is 1. The van der Waals surface area contributed by atoms with Crippen LogP contribution in [0, 0.1) is 0 Å². The maximum Gasteiger partial charge on any atom is 0.236 e. The summed E-state index contributed by atoms with van der Waals surface area (Å²) in [5.41, 5.74) is 5.53. The minimum absolute atomic E-state index is 0.0828. The first-order valence-corrected chi connectivity index (χ1v) is 6.52. The predicted molar refractivity (Wildman–Crippen MR) is 58.7 cm³/mol. The molecule has 0 heterocycles. The molecule has 0 rings (SSSR count). The molecule has 15 heavy (non-hydrogen) atoms. The van der Waals surface area contributed by atoms with Crippen LogP contribution in [0.15, 0.2) is 0 Å². The molecule has 0 radical (unpaired) electrons. The fourth-order valence-electron chi connectivity index (χ4n) is 0.984. The Bertz CT molecular complexity index is 290. The van der Waals surface area contributed by atoms with Crippen LogP contribution in [-0.4, -0.2) is 39.7 Å². The zero-order valence-electron chi connectivity index (χ0n) is 9.12. The highest BCUT2D eigenvalue weighted by Crippen LogP contribution is 1.92. The van der Waals surface area contributed by atoms with Crippen LogP contribution in [0.2, 0.25) is 0 Å². The van der Waals surface area contributed by atoms with Crippen molar-refractivity contribution in [1.29, 1.82) is 0 Å². The van der Waals surface area contributed by atoms with Gasteiger partial charge in [-0.2, -0.15) is 0 Å². The lowest BCUT2D eigenvalue weighted by Gasteiger charge is -2.10. The molecule has 0 aliphatic carbocycles. The highest BCUT2D eigenvalue weighted by molar-refractivity contribution is 7.89. The van der Waals surface area contributed by atoms with Gasteiger partial charge in [0.2, 0.25) is 15.9 Å². The van der Waals surface area contributed by atoms with E-state index in [1.54, 1.807) is 0 Å². The van der Waals surface area contributed by atoms with Gasteiger partial charge in [-0.15, -0.1) is 0 Å². The van der Waals surface area contributed by atoms with E-state index in [2.05, 4.69) is 10.0 Å². The number of carbonyl (C=O) groups excluding carboxylic acids is 1. The second-order valence-electron chi connectivity index (χ2n) is 3.21. The molecule has 0 spiro atoms. The van der Waals surface area contributed by atoms with Crippen molar-refractivity contribution in [3.05, 3.63) is 0 Å². The Morgan fingerprint density at radius 3 is 2.53 bits per heavy atom. The fourth-order valence-corrected chi connectivity index (χ4v) is 1.56. The molecule has 0 aromatic heterocycles. The summed E-state index contributed by atoms with van der Waals surface area (Å²) in [5, 5.41) is 2.47. The first-order chi connectivity index (χ1) is 6.93. The number of rotatable bonds is 7. The number of hydrogen-bond acceptors (Lipinski definition) is 4. The van der Waals surface area contributed by atoms with Crippen molar-refractivity contribution >= 4 is 15.9 Å². The van der Waals surface area contributed by atoms with Crippen LogP contribution in [0.3, 0.4) is 0 Å². The average Bonchev–Trinajstić information content (AvgIpc) is 2.18. The van der Waals surface area contributed by atoms with E-state index in [4.69, 9.17) is 5.73 Å². The summed E-state index contributed by atoms with van der Waals surface area (Å²) in [6.45, 7) is 2.01. The van der Waals surface area contributed by atoms with Gasteiger partial charge in [0.1, 0.15) is 0 Å². The summed E-state index contributed by atoms with van der Waals surface area (Å²) in [7, 11) is -1.93. The van der Waals surface area contributed by atoms with Gasteiger partial charge in [-0.25, -0.2) is 13.1 Å². The second kappa shape index (κ2) is 6.76. The maximum atomic E-state index is 11.3. The third-order valence-corrected chi connectivity index (χ3v) is 3.28. The van der Waals surface area contributed by atoms with Gasteiger partial charge in [0, 0.05) is 6.54 Å². The Morgan fingerprint density at radius 1 is 1.47 bits per heavy atom. The molecule has 1 amide bonds. The largest absolute Gasteiger partial charge is 0.354 e. The topological polar surface area (TPSA) is 101 Å².